The van der Waals surface area contributed by atoms with Crippen LogP contribution in [0.3, 0.4) is 0 Å². The number of benzene rings is 2. The Balaban J connectivity index is 2.43. The van der Waals surface area contributed by atoms with Gasteiger partial charge in [-0.25, -0.2) is 0 Å². The zero-order valence-corrected chi connectivity index (χ0v) is 12.8. The van der Waals surface area contributed by atoms with Gasteiger partial charge in [0.25, 0.3) is 0 Å². The summed E-state index contributed by atoms with van der Waals surface area (Å²) >= 11 is 0. The van der Waals surface area contributed by atoms with Crippen LogP contribution in [0.25, 0.3) is 0 Å². The average Bonchev–Trinajstić information content (AvgIpc) is 2.39. The van der Waals surface area contributed by atoms with Gasteiger partial charge in [0.2, 0.25) is 0 Å². The minimum Gasteiger partial charge on any atom is -0.389 e. The molecule has 0 aliphatic heterocycles. The first-order valence-electron chi connectivity index (χ1n) is 7.27. The smallest absolute Gasteiger partial charge is 0.0700 e. The molecular weight excluding hydrogens is 244 g/mol. The molecule has 1 heteroatoms. The molecule has 106 valence electrons. The molecule has 0 aromatic heterocycles. The largest absolute Gasteiger partial charge is 0.389 e. The molecule has 0 fully saturated rings. The zero-order chi connectivity index (χ0) is 14.8. The predicted octanol–water partition coefficient (Wildman–Crippen LogP) is 4.71. The second-order valence-corrected chi connectivity index (χ2v) is 6.32. The Hall–Kier alpha value is -1.60. The van der Waals surface area contributed by atoms with Gasteiger partial charge >= 0.3 is 0 Å². The highest BCUT2D eigenvalue weighted by Crippen LogP contribution is 2.35. The highest BCUT2D eigenvalue weighted by Gasteiger charge is 2.29. The van der Waals surface area contributed by atoms with Crippen molar-refractivity contribution in [3.63, 3.8) is 0 Å². The summed E-state index contributed by atoms with van der Waals surface area (Å²) in [5.41, 5.74) is 2.85. The highest BCUT2D eigenvalue weighted by molar-refractivity contribution is 5.37. The molecule has 1 nitrogen and oxygen atoms in total. The van der Waals surface area contributed by atoms with Crippen molar-refractivity contribution >= 4 is 0 Å². The Morgan fingerprint density at radius 1 is 0.750 bits per heavy atom. The molecule has 0 bridgehead atoms. The van der Waals surface area contributed by atoms with E-state index in [1.807, 2.05) is 32.0 Å². The van der Waals surface area contributed by atoms with Crippen LogP contribution in [0.2, 0.25) is 0 Å². The maximum Gasteiger partial charge on any atom is 0.0700 e. The van der Waals surface area contributed by atoms with Gasteiger partial charge in [-0.15, -0.1) is 0 Å². The summed E-state index contributed by atoms with van der Waals surface area (Å²) in [5, 5.41) is 10.6. The SMILES string of the molecule is CC(C)c1ccc(C(c2ccccc2)C(C)(C)O)cc1. The Labute approximate surface area is 122 Å². The van der Waals surface area contributed by atoms with Crippen LogP contribution < -0.4 is 0 Å². The van der Waals surface area contributed by atoms with E-state index in [0.29, 0.717) is 5.92 Å². The summed E-state index contributed by atoms with van der Waals surface area (Å²) in [6.07, 6.45) is 0. The zero-order valence-electron chi connectivity index (χ0n) is 12.8. The quantitative estimate of drug-likeness (QED) is 0.851. The van der Waals surface area contributed by atoms with Gasteiger partial charge in [0.1, 0.15) is 0 Å². The minimum atomic E-state index is -0.791. The Bertz CT molecular complexity index is 532. The van der Waals surface area contributed by atoms with Crippen molar-refractivity contribution in [1.82, 2.24) is 0 Å². The molecule has 0 aliphatic carbocycles. The van der Waals surface area contributed by atoms with Gasteiger partial charge in [-0.2, -0.15) is 0 Å². The molecule has 0 amide bonds. The van der Waals surface area contributed by atoms with E-state index in [9.17, 15) is 5.11 Å². The van der Waals surface area contributed by atoms with Gasteiger partial charge in [0, 0.05) is 5.92 Å². The van der Waals surface area contributed by atoms with Gasteiger partial charge in [-0.3, -0.25) is 0 Å². The van der Waals surface area contributed by atoms with Crippen LogP contribution in [0.15, 0.2) is 54.6 Å². The normalized spacial score (nSPS) is 13.5. The van der Waals surface area contributed by atoms with Gasteiger partial charge < -0.3 is 5.11 Å². The lowest BCUT2D eigenvalue weighted by atomic mass is 9.79. The van der Waals surface area contributed by atoms with Crippen molar-refractivity contribution in [1.29, 1.82) is 0 Å². The molecule has 0 spiro atoms. The Morgan fingerprint density at radius 3 is 1.65 bits per heavy atom. The van der Waals surface area contributed by atoms with Crippen LogP contribution in [-0.2, 0) is 0 Å². The number of rotatable bonds is 4. The van der Waals surface area contributed by atoms with E-state index in [2.05, 4.69) is 50.2 Å². The molecule has 2 rings (SSSR count). The molecule has 2 aromatic carbocycles. The van der Waals surface area contributed by atoms with Crippen LogP contribution >= 0.6 is 0 Å². The monoisotopic (exact) mass is 268 g/mol. The van der Waals surface area contributed by atoms with E-state index in [4.69, 9.17) is 0 Å². The minimum absolute atomic E-state index is 0.00934. The van der Waals surface area contributed by atoms with Crippen molar-refractivity contribution in [3.8, 4) is 0 Å². The molecule has 2 aromatic rings. The topological polar surface area (TPSA) is 20.2 Å². The summed E-state index contributed by atoms with van der Waals surface area (Å²) in [5.74, 6) is 0.520. The van der Waals surface area contributed by atoms with Crippen molar-refractivity contribution in [3.05, 3.63) is 71.3 Å². The third kappa shape index (κ3) is 3.29. The molecule has 0 saturated carbocycles. The number of hydrogen-bond donors (Lipinski definition) is 1. The van der Waals surface area contributed by atoms with Crippen molar-refractivity contribution < 1.29 is 5.11 Å². The van der Waals surface area contributed by atoms with Crippen molar-refractivity contribution in [2.75, 3.05) is 0 Å². The standard InChI is InChI=1S/C19H24O/c1-14(2)15-10-12-17(13-11-15)18(19(3,4)20)16-8-6-5-7-9-16/h5-14,18,20H,1-4H3. The van der Waals surface area contributed by atoms with E-state index in [1.165, 1.54) is 5.56 Å². The third-order valence-corrected chi connectivity index (χ3v) is 3.78. The molecule has 0 heterocycles. The molecule has 1 atom stereocenters. The predicted molar refractivity (Wildman–Crippen MR) is 85.1 cm³/mol. The lowest BCUT2D eigenvalue weighted by molar-refractivity contribution is 0.0628. The second-order valence-electron chi connectivity index (χ2n) is 6.32. The molecular formula is C19H24O. The molecule has 20 heavy (non-hydrogen) atoms. The third-order valence-electron chi connectivity index (χ3n) is 3.78. The molecule has 0 saturated heterocycles. The first-order valence-corrected chi connectivity index (χ1v) is 7.27. The molecule has 1 N–H and O–H groups in total. The van der Waals surface area contributed by atoms with E-state index >= 15 is 0 Å². The first kappa shape index (κ1) is 14.8. The van der Waals surface area contributed by atoms with Crippen molar-refractivity contribution in [2.45, 2.75) is 45.1 Å². The van der Waals surface area contributed by atoms with Crippen LogP contribution in [0.5, 0.6) is 0 Å². The number of hydrogen-bond acceptors (Lipinski definition) is 1. The lowest BCUT2D eigenvalue weighted by Crippen LogP contribution is -2.29. The summed E-state index contributed by atoms with van der Waals surface area (Å²) in [7, 11) is 0. The van der Waals surface area contributed by atoms with Gasteiger partial charge in [-0.1, -0.05) is 68.4 Å². The Kier molecular flexibility index (Phi) is 4.29. The first-order chi connectivity index (χ1) is 9.39. The lowest BCUT2D eigenvalue weighted by Gasteiger charge is -2.30. The van der Waals surface area contributed by atoms with Crippen LogP contribution in [0, 0.1) is 0 Å². The maximum absolute atomic E-state index is 10.6. The molecule has 0 radical (unpaired) electrons. The summed E-state index contributed by atoms with van der Waals surface area (Å²) < 4.78 is 0. The van der Waals surface area contributed by atoms with Gasteiger partial charge in [-0.05, 0) is 36.5 Å². The van der Waals surface area contributed by atoms with E-state index in [1.54, 1.807) is 0 Å². The van der Waals surface area contributed by atoms with Crippen LogP contribution in [-0.4, -0.2) is 10.7 Å². The van der Waals surface area contributed by atoms with Crippen LogP contribution in [0.1, 0.15) is 56.2 Å². The van der Waals surface area contributed by atoms with Crippen LogP contribution in [0.4, 0.5) is 0 Å². The average molecular weight is 268 g/mol. The summed E-state index contributed by atoms with van der Waals surface area (Å²) in [4.78, 5) is 0. The van der Waals surface area contributed by atoms with E-state index < -0.39 is 5.60 Å². The van der Waals surface area contributed by atoms with Gasteiger partial charge in [0.15, 0.2) is 0 Å². The Morgan fingerprint density at radius 2 is 1.20 bits per heavy atom. The van der Waals surface area contributed by atoms with E-state index in [0.717, 1.165) is 11.1 Å². The fourth-order valence-electron chi connectivity index (χ4n) is 2.73. The fraction of sp³-hybridized carbons (Fsp3) is 0.368. The second kappa shape index (κ2) is 5.80. The van der Waals surface area contributed by atoms with Gasteiger partial charge in [0.05, 0.1) is 5.60 Å². The maximum atomic E-state index is 10.6. The van der Waals surface area contributed by atoms with Crippen molar-refractivity contribution in [2.24, 2.45) is 0 Å². The summed E-state index contributed by atoms with van der Waals surface area (Å²) in [6.45, 7) is 8.14. The summed E-state index contributed by atoms with van der Waals surface area (Å²) in [6, 6.07) is 18.8. The fourth-order valence-corrected chi connectivity index (χ4v) is 2.73. The molecule has 0 aliphatic rings. The highest BCUT2D eigenvalue weighted by atomic mass is 16.3. The number of aliphatic hydroxyl groups is 1. The van der Waals surface area contributed by atoms with E-state index in [-0.39, 0.29) is 5.92 Å². The molecule has 1 unspecified atom stereocenters.